The second-order valence-electron chi connectivity index (χ2n) is 5.14. The lowest BCUT2D eigenvalue weighted by Crippen LogP contribution is -2.16. The molecule has 0 atom stereocenters. The van der Waals surface area contributed by atoms with Gasteiger partial charge in [-0.3, -0.25) is 4.79 Å². The summed E-state index contributed by atoms with van der Waals surface area (Å²) >= 11 is 0. The lowest BCUT2D eigenvalue weighted by molar-refractivity contribution is 0.397. The van der Waals surface area contributed by atoms with E-state index in [0.29, 0.717) is 39.6 Å². The third-order valence-electron chi connectivity index (χ3n) is 3.45. The third kappa shape index (κ3) is 2.20. The van der Waals surface area contributed by atoms with Crippen molar-refractivity contribution in [2.75, 3.05) is 0 Å². The number of rotatable bonds is 2. The van der Waals surface area contributed by atoms with Crippen LogP contribution >= 0.6 is 0 Å². The molecule has 0 N–H and O–H groups in total. The number of hydrogen-bond acceptors (Lipinski definition) is 7. The van der Waals surface area contributed by atoms with Gasteiger partial charge in [0.25, 0.3) is 11.4 Å². The van der Waals surface area contributed by atoms with Gasteiger partial charge in [-0.15, -0.1) is 0 Å². The Kier molecular flexibility index (Phi) is 2.83. The summed E-state index contributed by atoms with van der Waals surface area (Å²) in [5.41, 5.74) is 1.62. The van der Waals surface area contributed by atoms with Crippen molar-refractivity contribution >= 4 is 10.9 Å². The average molecular weight is 309 g/mol. The highest BCUT2D eigenvalue weighted by Crippen LogP contribution is 2.23. The van der Waals surface area contributed by atoms with Crippen LogP contribution in [0.2, 0.25) is 0 Å². The highest BCUT2D eigenvalue weighted by atomic mass is 16.5. The third-order valence-corrected chi connectivity index (χ3v) is 3.45. The van der Waals surface area contributed by atoms with Gasteiger partial charge in [0, 0.05) is 18.7 Å². The van der Waals surface area contributed by atoms with Crippen LogP contribution in [0, 0.1) is 6.92 Å². The Labute approximate surface area is 129 Å². The molecule has 0 saturated heterocycles. The smallest absolute Gasteiger partial charge is 0.260 e. The number of aromatic nitrogens is 5. The molecule has 0 aliphatic heterocycles. The molecule has 0 aliphatic carbocycles. The summed E-state index contributed by atoms with van der Waals surface area (Å²) in [6, 6.07) is 6.93. The van der Waals surface area contributed by atoms with Gasteiger partial charge in [0.15, 0.2) is 5.69 Å². The molecule has 0 aliphatic rings. The molecular formula is C15H11N5O3. The summed E-state index contributed by atoms with van der Waals surface area (Å²) in [4.78, 5) is 20.7. The monoisotopic (exact) mass is 309 g/mol. The zero-order chi connectivity index (χ0) is 16.0. The zero-order valence-corrected chi connectivity index (χ0v) is 12.3. The zero-order valence-electron chi connectivity index (χ0n) is 12.3. The first kappa shape index (κ1) is 13.4. The van der Waals surface area contributed by atoms with E-state index in [2.05, 4.69) is 20.3 Å². The Morgan fingerprint density at radius 3 is 2.78 bits per heavy atom. The normalized spacial score (nSPS) is 11.2. The first-order chi connectivity index (χ1) is 11.1. The van der Waals surface area contributed by atoms with Gasteiger partial charge in [0.05, 0.1) is 17.2 Å². The summed E-state index contributed by atoms with van der Waals surface area (Å²) in [5.74, 6) is 1.29. The summed E-state index contributed by atoms with van der Waals surface area (Å²) in [6.07, 6.45) is 1.49. The summed E-state index contributed by atoms with van der Waals surface area (Å²) in [6.45, 7) is 1.78. The molecule has 0 fully saturated rings. The van der Waals surface area contributed by atoms with Gasteiger partial charge in [0.1, 0.15) is 5.76 Å². The number of fused-ring (bicyclic) bond motifs is 1. The minimum Gasteiger partial charge on any atom is -0.361 e. The standard InChI is InChI=1S/C15H11N5O3/c1-8-5-12(18-22-8)13-17-14(23-19-13)9-3-4-11-10(6-9)15(21)20(2)7-16-11/h3-7H,1-2H3. The Morgan fingerprint density at radius 1 is 1.13 bits per heavy atom. The van der Waals surface area contributed by atoms with E-state index in [1.54, 1.807) is 38.2 Å². The maximum Gasteiger partial charge on any atom is 0.260 e. The van der Waals surface area contributed by atoms with Crippen LogP contribution in [-0.4, -0.2) is 24.8 Å². The van der Waals surface area contributed by atoms with Crippen molar-refractivity contribution in [3.05, 3.63) is 46.7 Å². The first-order valence-electron chi connectivity index (χ1n) is 6.85. The van der Waals surface area contributed by atoms with Crippen LogP contribution in [0.3, 0.4) is 0 Å². The van der Waals surface area contributed by atoms with Gasteiger partial charge in [-0.25, -0.2) is 4.98 Å². The van der Waals surface area contributed by atoms with Crippen LogP contribution in [0.1, 0.15) is 5.76 Å². The molecule has 0 unspecified atom stereocenters. The number of nitrogens with zero attached hydrogens (tertiary/aromatic N) is 5. The molecule has 114 valence electrons. The molecular weight excluding hydrogens is 298 g/mol. The Balaban J connectivity index is 1.82. The number of aryl methyl sites for hydroxylation is 2. The van der Waals surface area contributed by atoms with Crippen molar-refractivity contribution in [2.45, 2.75) is 6.92 Å². The van der Waals surface area contributed by atoms with Crippen LogP contribution in [0.4, 0.5) is 0 Å². The SMILES string of the molecule is Cc1cc(-c2noc(-c3ccc4ncn(C)c(=O)c4c3)n2)no1. The Hall–Kier alpha value is -3.29. The summed E-state index contributed by atoms with van der Waals surface area (Å²) in [5, 5.41) is 8.22. The average Bonchev–Trinajstić information content (AvgIpc) is 3.19. The fraction of sp³-hybridized carbons (Fsp3) is 0.133. The van der Waals surface area contributed by atoms with Crippen LogP contribution in [0.5, 0.6) is 0 Å². The van der Waals surface area contributed by atoms with E-state index in [1.807, 2.05) is 0 Å². The van der Waals surface area contributed by atoms with E-state index in [4.69, 9.17) is 9.05 Å². The first-order valence-corrected chi connectivity index (χ1v) is 6.85. The highest BCUT2D eigenvalue weighted by Gasteiger charge is 2.15. The molecule has 0 spiro atoms. The maximum absolute atomic E-state index is 12.2. The molecule has 23 heavy (non-hydrogen) atoms. The van der Waals surface area contributed by atoms with Gasteiger partial charge >= 0.3 is 0 Å². The lowest BCUT2D eigenvalue weighted by atomic mass is 10.1. The van der Waals surface area contributed by atoms with Crippen molar-refractivity contribution in [3.8, 4) is 23.0 Å². The van der Waals surface area contributed by atoms with Crippen LogP contribution in [0.15, 0.2) is 44.4 Å². The fourth-order valence-corrected chi connectivity index (χ4v) is 2.26. The van der Waals surface area contributed by atoms with Crippen molar-refractivity contribution in [3.63, 3.8) is 0 Å². The second-order valence-corrected chi connectivity index (χ2v) is 5.14. The molecule has 4 aromatic rings. The summed E-state index contributed by atoms with van der Waals surface area (Å²) < 4.78 is 11.7. The Morgan fingerprint density at radius 2 is 2.00 bits per heavy atom. The summed E-state index contributed by atoms with van der Waals surface area (Å²) in [7, 11) is 1.65. The molecule has 8 heteroatoms. The largest absolute Gasteiger partial charge is 0.361 e. The molecule has 0 saturated carbocycles. The molecule has 1 aromatic carbocycles. The molecule has 0 radical (unpaired) electrons. The Bertz CT molecular complexity index is 1080. The molecule has 8 nitrogen and oxygen atoms in total. The van der Waals surface area contributed by atoms with E-state index in [-0.39, 0.29) is 5.56 Å². The quantitative estimate of drug-likeness (QED) is 0.558. The maximum atomic E-state index is 12.2. The second kappa shape index (κ2) is 4.87. The number of hydrogen-bond donors (Lipinski definition) is 0. The lowest BCUT2D eigenvalue weighted by Gasteiger charge is -2.01. The van der Waals surface area contributed by atoms with E-state index >= 15 is 0 Å². The predicted octanol–water partition coefficient (Wildman–Crippen LogP) is 1.95. The fourth-order valence-electron chi connectivity index (χ4n) is 2.26. The van der Waals surface area contributed by atoms with Gasteiger partial charge in [-0.1, -0.05) is 10.3 Å². The van der Waals surface area contributed by atoms with E-state index in [0.717, 1.165) is 0 Å². The molecule has 0 amide bonds. The van der Waals surface area contributed by atoms with Gasteiger partial charge in [-0.05, 0) is 25.1 Å². The minimum atomic E-state index is -0.135. The van der Waals surface area contributed by atoms with Crippen LogP contribution in [0.25, 0.3) is 33.9 Å². The molecule has 3 heterocycles. The highest BCUT2D eigenvalue weighted by molar-refractivity contribution is 5.82. The van der Waals surface area contributed by atoms with E-state index in [1.165, 1.54) is 10.9 Å². The molecule has 0 bridgehead atoms. The number of benzene rings is 1. The van der Waals surface area contributed by atoms with Crippen LogP contribution < -0.4 is 5.56 Å². The van der Waals surface area contributed by atoms with E-state index < -0.39 is 0 Å². The van der Waals surface area contributed by atoms with Gasteiger partial charge in [0.2, 0.25) is 5.82 Å². The van der Waals surface area contributed by atoms with Crippen molar-refractivity contribution in [1.29, 1.82) is 0 Å². The van der Waals surface area contributed by atoms with Gasteiger partial charge < -0.3 is 13.6 Å². The molecule has 3 aromatic heterocycles. The predicted molar refractivity (Wildman–Crippen MR) is 80.5 cm³/mol. The van der Waals surface area contributed by atoms with Crippen molar-refractivity contribution < 1.29 is 9.05 Å². The molecule has 4 rings (SSSR count). The van der Waals surface area contributed by atoms with Gasteiger partial charge in [-0.2, -0.15) is 4.98 Å². The van der Waals surface area contributed by atoms with Crippen molar-refractivity contribution in [1.82, 2.24) is 24.8 Å². The van der Waals surface area contributed by atoms with Crippen molar-refractivity contribution in [2.24, 2.45) is 7.05 Å². The topological polar surface area (TPSA) is 99.8 Å². The van der Waals surface area contributed by atoms with Crippen LogP contribution in [-0.2, 0) is 7.05 Å². The van der Waals surface area contributed by atoms with E-state index in [9.17, 15) is 4.79 Å². The minimum absolute atomic E-state index is 0.135.